The maximum Gasteiger partial charge on any atom is 0.418 e. The molecule has 2 aromatic heterocycles. The summed E-state index contributed by atoms with van der Waals surface area (Å²) in [5, 5.41) is 4.68. The van der Waals surface area contributed by atoms with E-state index in [2.05, 4.69) is 10.1 Å². The van der Waals surface area contributed by atoms with Gasteiger partial charge >= 0.3 is 6.18 Å². The molecule has 8 heteroatoms. The van der Waals surface area contributed by atoms with Crippen LogP contribution in [0.1, 0.15) is 56.7 Å². The maximum atomic E-state index is 13.6. The molecule has 0 N–H and O–H groups in total. The van der Waals surface area contributed by atoms with Crippen LogP contribution < -0.4 is 4.90 Å². The molecule has 1 aromatic carbocycles. The van der Waals surface area contributed by atoms with Gasteiger partial charge in [0, 0.05) is 24.4 Å². The van der Waals surface area contributed by atoms with E-state index in [9.17, 15) is 18.0 Å². The Hall–Kier alpha value is -2.90. The fourth-order valence-electron chi connectivity index (χ4n) is 4.19. The summed E-state index contributed by atoms with van der Waals surface area (Å²) in [6.45, 7) is 3.32. The van der Waals surface area contributed by atoms with Crippen molar-refractivity contribution in [1.29, 1.82) is 0 Å². The summed E-state index contributed by atoms with van der Waals surface area (Å²) in [4.78, 5) is 18.0. The number of hydrogen-bond donors (Lipinski definition) is 0. The molecule has 3 aromatic rings. The minimum absolute atomic E-state index is 0.180. The lowest BCUT2D eigenvalue weighted by atomic mass is 10.0. The van der Waals surface area contributed by atoms with Gasteiger partial charge < -0.3 is 4.90 Å². The summed E-state index contributed by atoms with van der Waals surface area (Å²) in [7, 11) is 1.37. The molecule has 1 fully saturated rings. The van der Waals surface area contributed by atoms with Crippen LogP contribution in [0.3, 0.4) is 0 Å². The minimum atomic E-state index is -4.57. The molecule has 0 aliphatic heterocycles. The van der Waals surface area contributed by atoms with Crippen molar-refractivity contribution >= 4 is 17.2 Å². The van der Waals surface area contributed by atoms with Crippen molar-refractivity contribution in [3.05, 3.63) is 47.8 Å². The van der Waals surface area contributed by atoms with E-state index in [1.807, 2.05) is 12.1 Å². The van der Waals surface area contributed by atoms with E-state index in [0.29, 0.717) is 22.8 Å². The Bertz CT molecular complexity index is 1110. The minimum Gasteiger partial charge on any atom is -0.315 e. The molecule has 1 amide bonds. The molecule has 0 unspecified atom stereocenters. The molecule has 1 saturated carbocycles. The first-order valence-corrected chi connectivity index (χ1v) is 10.5. The second-order valence-electron chi connectivity index (χ2n) is 8.45. The fraction of sp³-hybridized carbons (Fsp3) is 0.435. The van der Waals surface area contributed by atoms with Gasteiger partial charge in [0.1, 0.15) is 0 Å². The molecular formula is C23H25F3N4O. The van der Waals surface area contributed by atoms with Crippen LogP contribution in [-0.4, -0.2) is 27.6 Å². The zero-order valence-electron chi connectivity index (χ0n) is 17.8. The lowest BCUT2D eigenvalue weighted by molar-refractivity contribution is -0.137. The van der Waals surface area contributed by atoms with Gasteiger partial charge in [0.05, 0.1) is 28.8 Å². The van der Waals surface area contributed by atoms with Gasteiger partial charge in [-0.25, -0.2) is 9.50 Å². The van der Waals surface area contributed by atoms with Crippen molar-refractivity contribution in [3.63, 3.8) is 0 Å². The molecule has 0 atom stereocenters. The molecule has 5 nitrogen and oxygen atoms in total. The SMILES string of the molecule is CC(C)C(=O)N(C)c1cc(-c2cn3nc(C4CCCC4)ccc3n2)ccc1C(F)(F)F. The summed E-state index contributed by atoms with van der Waals surface area (Å²) in [5.74, 6) is -0.368. The van der Waals surface area contributed by atoms with Crippen molar-refractivity contribution in [1.82, 2.24) is 14.6 Å². The van der Waals surface area contributed by atoms with E-state index in [1.54, 1.807) is 24.6 Å². The van der Waals surface area contributed by atoms with E-state index >= 15 is 0 Å². The molecule has 0 spiro atoms. The highest BCUT2D eigenvalue weighted by molar-refractivity contribution is 5.95. The molecule has 0 radical (unpaired) electrons. The summed E-state index contributed by atoms with van der Waals surface area (Å²) < 4.78 is 42.5. The second kappa shape index (κ2) is 7.98. The molecular weight excluding hydrogens is 405 g/mol. The number of carbonyl (C=O) groups is 1. The predicted molar refractivity (Wildman–Crippen MR) is 113 cm³/mol. The van der Waals surface area contributed by atoms with Gasteiger partial charge in [-0.05, 0) is 37.1 Å². The van der Waals surface area contributed by atoms with Crippen molar-refractivity contribution in [2.75, 3.05) is 11.9 Å². The van der Waals surface area contributed by atoms with Gasteiger partial charge in [0.15, 0.2) is 5.65 Å². The topological polar surface area (TPSA) is 50.5 Å². The van der Waals surface area contributed by atoms with Crippen molar-refractivity contribution in [3.8, 4) is 11.3 Å². The number of nitrogens with zero attached hydrogens (tertiary/aromatic N) is 4. The molecule has 164 valence electrons. The van der Waals surface area contributed by atoms with Crippen LogP contribution in [0.4, 0.5) is 18.9 Å². The Morgan fingerprint density at radius 3 is 2.52 bits per heavy atom. The zero-order chi connectivity index (χ0) is 22.3. The second-order valence-corrected chi connectivity index (χ2v) is 8.45. The summed E-state index contributed by atoms with van der Waals surface area (Å²) >= 11 is 0. The number of rotatable bonds is 4. The van der Waals surface area contributed by atoms with Gasteiger partial charge in [0.2, 0.25) is 5.91 Å². The Balaban J connectivity index is 1.76. The molecule has 1 aliphatic rings. The van der Waals surface area contributed by atoms with E-state index in [-0.39, 0.29) is 11.6 Å². The summed E-state index contributed by atoms with van der Waals surface area (Å²) in [6, 6.07) is 7.65. The smallest absolute Gasteiger partial charge is 0.315 e. The lowest BCUT2D eigenvalue weighted by Crippen LogP contribution is -2.32. The summed E-state index contributed by atoms with van der Waals surface area (Å²) in [5.41, 5.74) is 1.63. The third-order valence-corrected chi connectivity index (χ3v) is 5.90. The quantitative estimate of drug-likeness (QED) is 0.534. The number of imidazole rings is 1. The number of amides is 1. The number of carbonyl (C=O) groups excluding carboxylic acids is 1. The largest absolute Gasteiger partial charge is 0.418 e. The number of benzene rings is 1. The number of fused-ring (bicyclic) bond motifs is 1. The van der Waals surface area contributed by atoms with Gasteiger partial charge in [-0.15, -0.1) is 0 Å². The Morgan fingerprint density at radius 1 is 1.16 bits per heavy atom. The third-order valence-electron chi connectivity index (χ3n) is 5.90. The fourth-order valence-corrected chi connectivity index (χ4v) is 4.19. The van der Waals surface area contributed by atoms with E-state index in [1.165, 1.54) is 32.0 Å². The van der Waals surface area contributed by atoms with Crippen LogP contribution in [0, 0.1) is 5.92 Å². The van der Waals surface area contributed by atoms with Crippen molar-refractivity contribution in [2.24, 2.45) is 5.92 Å². The van der Waals surface area contributed by atoms with Crippen LogP contribution in [0.5, 0.6) is 0 Å². The Morgan fingerprint density at radius 2 is 1.87 bits per heavy atom. The van der Waals surface area contributed by atoms with Crippen molar-refractivity contribution in [2.45, 2.75) is 51.6 Å². The molecule has 31 heavy (non-hydrogen) atoms. The van der Waals surface area contributed by atoms with Crippen LogP contribution in [-0.2, 0) is 11.0 Å². The first kappa shape index (κ1) is 21.3. The lowest BCUT2D eigenvalue weighted by Gasteiger charge is -2.24. The van der Waals surface area contributed by atoms with Gasteiger partial charge in [-0.3, -0.25) is 4.79 Å². The highest BCUT2D eigenvalue weighted by atomic mass is 19.4. The number of aromatic nitrogens is 3. The highest BCUT2D eigenvalue weighted by Gasteiger charge is 2.36. The molecule has 4 rings (SSSR count). The van der Waals surface area contributed by atoms with E-state index in [4.69, 9.17) is 0 Å². The molecule has 0 bridgehead atoms. The van der Waals surface area contributed by atoms with E-state index < -0.39 is 17.7 Å². The van der Waals surface area contributed by atoms with Gasteiger partial charge in [-0.1, -0.05) is 32.8 Å². The van der Waals surface area contributed by atoms with E-state index in [0.717, 1.165) is 29.5 Å². The average molecular weight is 430 g/mol. The predicted octanol–water partition coefficient (Wildman–Crippen LogP) is 5.69. The Kier molecular flexibility index (Phi) is 5.49. The number of halogens is 3. The average Bonchev–Trinajstić information content (AvgIpc) is 3.40. The monoisotopic (exact) mass is 430 g/mol. The number of alkyl halides is 3. The van der Waals surface area contributed by atoms with Crippen LogP contribution >= 0.6 is 0 Å². The van der Waals surface area contributed by atoms with Gasteiger partial charge in [0.25, 0.3) is 0 Å². The van der Waals surface area contributed by atoms with Crippen LogP contribution in [0.2, 0.25) is 0 Å². The molecule has 0 saturated heterocycles. The highest BCUT2D eigenvalue weighted by Crippen LogP contribution is 2.39. The molecule has 2 heterocycles. The van der Waals surface area contributed by atoms with Crippen LogP contribution in [0.25, 0.3) is 16.9 Å². The Labute approximate surface area is 178 Å². The molecule has 1 aliphatic carbocycles. The standard InChI is InChI=1S/C23H25F3N4O/c1-14(2)22(31)29(3)20-12-16(8-9-17(20)23(24,25)26)19-13-30-21(27-19)11-10-18(28-30)15-6-4-5-7-15/h8-15H,4-7H2,1-3H3. The first-order valence-electron chi connectivity index (χ1n) is 10.5. The number of hydrogen-bond acceptors (Lipinski definition) is 3. The zero-order valence-corrected chi connectivity index (χ0v) is 17.8. The van der Waals surface area contributed by atoms with Crippen molar-refractivity contribution < 1.29 is 18.0 Å². The first-order chi connectivity index (χ1) is 14.6. The van der Waals surface area contributed by atoms with Crippen LogP contribution in [0.15, 0.2) is 36.5 Å². The third kappa shape index (κ3) is 4.16. The van der Waals surface area contributed by atoms with Gasteiger partial charge in [-0.2, -0.15) is 18.3 Å². The normalized spacial score (nSPS) is 15.2. The summed E-state index contributed by atoms with van der Waals surface area (Å²) in [6.07, 6.45) is 1.81. The number of anilines is 1. The maximum absolute atomic E-state index is 13.6.